The lowest BCUT2D eigenvalue weighted by atomic mass is 9.85. The normalized spacial score (nSPS) is 17.0. The Morgan fingerprint density at radius 2 is 1.68 bits per heavy atom. The lowest BCUT2D eigenvalue weighted by Gasteiger charge is -2.24. The van der Waals surface area contributed by atoms with E-state index in [4.69, 9.17) is 14.2 Å². The summed E-state index contributed by atoms with van der Waals surface area (Å²) in [5, 5.41) is 9.14. The first-order valence-corrected chi connectivity index (χ1v) is 13.3. The molecule has 0 radical (unpaired) electrons. The minimum absolute atomic E-state index is 0.101. The summed E-state index contributed by atoms with van der Waals surface area (Å²) in [5.41, 5.74) is 1.33. The van der Waals surface area contributed by atoms with Gasteiger partial charge in [0.1, 0.15) is 11.5 Å². The van der Waals surface area contributed by atoms with Crippen molar-refractivity contribution >= 4 is 23.3 Å². The van der Waals surface area contributed by atoms with E-state index in [1.807, 2.05) is 50.2 Å². The predicted molar refractivity (Wildman–Crippen MR) is 154 cm³/mol. The highest BCUT2D eigenvalue weighted by molar-refractivity contribution is 6.09. The van der Waals surface area contributed by atoms with Gasteiger partial charge in [0.15, 0.2) is 5.54 Å². The fourth-order valence-corrected chi connectivity index (χ4v) is 4.49. The molecule has 0 saturated carbocycles. The van der Waals surface area contributed by atoms with Gasteiger partial charge < -0.3 is 19.1 Å². The van der Waals surface area contributed by atoms with Crippen molar-refractivity contribution in [3.05, 3.63) is 96.1 Å². The largest absolute Gasteiger partial charge is 0.497 e. The fourth-order valence-electron chi connectivity index (χ4n) is 4.49. The third-order valence-electron chi connectivity index (χ3n) is 7.08. The first-order valence-electron chi connectivity index (χ1n) is 13.3. The lowest BCUT2D eigenvalue weighted by molar-refractivity contribution is -0.140. The Morgan fingerprint density at radius 1 is 1.00 bits per heavy atom. The van der Waals surface area contributed by atoms with Gasteiger partial charge in [0.25, 0.3) is 5.91 Å². The van der Waals surface area contributed by atoms with Crippen molar-refractivity contribution in [2.45, 2.75) is 38.8 Å². The number of carbonyl (C=O) groups excluding carboxylic acids is 2. The molecular formula is C32H35N3O5. The second-order valence-electron chi connectivity index (χ2n) is 9.91. The monoisotopic (exact) mass is 541 g/mol. The number of ether oxygens (including phenoxy) is 3. The van der Waals surface area contributed by atoms with E-state index in [1.54, 1.807) is 55.5 Å². The average Bonchev–Trinajstić information content (AvgIpc) is 3.21. The van der Waals surface area contributed by atoms with E-state index < -0.39 is 11.5 Å². The van der Waals surface area contributed by atoms with Crippen LogP contribution in [0.15, 0.2) is 95.2 Å². The van der Waals surface area contributed by atoms with Crippen molar-refractivity contribution < 1.29 is 23.8 Å². The predicted octanol–water partition coefficient (Wildman–Crippen LogP) is 6.77. The first kappa shape index (κ1) is 28.5. The maximum Gasteiger partial charge on any atom is 0.333 e. The zero-order chi connectivity index (χ0) is 28.7. The van der Waals surface area contributed by atoms with E-state index in [1.165, 1.54) is 0 Å². The minimum Gasteiger partial charge on any atom is -0.497 e. The highest BCUT2D eigenvalue weighted by Gasteiger charge is 2.53. The summed E-state index contributed by atoms with van der Waals surface area (Å²) >= 11 is 0. The van der Waals surface area contributed by atoms with E-state index in [9.17, 15) is 9.59 Å². The molecule has 2 unspecified atom stereocenters. The van der Waals surface area contributed by atoms with Crippen LogP contribution >= 0.6 is 0 Å². The second kappa shape index (κ2) is 12.6. The van der Waals surface area contributed by atoms with Crippen molar-refractivity contribution in [2.75, 3.05) is 25.7 Å². The SMILES string of the molecule is C=C(CC1(N=Nc2ccc(OC)cc2)C(=O)N(Cc2ccccc2)c2ccc(OC)cc21)C(=O)OCC(C)CC. The van der Waals surface area contributed by atoms with Gasteiger partial charge in [0.05, 0.1) is 38.7 Å². The Labute approximate surface area is 235 Å². The molecular weight excluding hydrogens is 506 g/mol. The van der Waals surface area contributed by atoms with Crippen LogP contribution in [0.1, 0.15) is 37.8 Å². The molecule has 0 saturated heterocycles. The summed E-state index contributed by atoms with van der Waals surface area (Å²) in [5.74, 6) is 0.569. The fraction of sp³-hybridized carbons (Fsp3) is 0.312. The summed E-state index contributed by atoms with van der Waals surface area (Å²) in [7, 11) is 3.15. The number of hydrogen-bond donors (Lipinski definition) is 0. The van der Waals surface area contributed by atoms with E-state index in [0.29, 0.717) is 35.0 Å². The molecule has 0 aromatic heterocycles. The van der Waals surface area contributed by atoms with Crippen molar-refractivity contribution in [2.24, 2.45) is 16.1 Å². The number of esters is 1. The van der Waals surface area contributed by atoms with Crippen LogP contribution in [0, 0.1) is 5.92 Å². The Balaban J connectivity index is 1.79. The van der Waals surface area contributed by atoms with Crippen LogP contribution in [0.5, 0.6) is 11.5 Å². The van der Waals surface area contributed by atoms with Crippen LogP contribution in [0.2, 0.25) is 0 Å². The van der Waals surface area contributed by atoms with E-state index in [2.05, 4.69) is 16.8 Å². The maximum absolute atomic E-state index is 14.4. The molecule has 0 aliphatic carbocycles. The molecule has 2 atom stereocenters. The summed E-state index contributed by atoms with van der Waals surface area (Å²) < 4.78 is 16.3. The molecule has 3 aromatic carbocycles. The van der Waals surface area contributed by atoms with Crippen molar-refractivity contribution in [3.63, 3.8) is 0 Å². The highest BCUT2D eigenvalue weighted by Crippen LogP contribution is 2.49. The van der Waals surface area contributed by atoms with Gasteiger partial charge in [-0.3, -0.25) is 4.79 Å². The lowest BCUT2D eigenvalue weighted by Crippen LogP contribution is -2.39. The van der Waals surface area contributed by atoms with Crippen LogP contribution in [-0.2, 0) is 26.4 Å². The van der Waals surface area contributed by atoms with Gasteiger partial charge in [-0.15, -0.1) is 0 Å². The number of benzene rings is 3. The molecule has 3 aromatic rings. The topological polar surface area (TPSA) is 89.8 Å². The van der Waals surface area contributed by atoms with Crippen LogP contribution in [0.3, 0.4) is 0 Å². The van der Waals surface area contributed by atoms with Crippen LogP contribution in [-0.4, -0.2) is 32.7 Å². The molecule has 8 nitrogen and oxygen atoms in total. The van der Waals surface area contributed by atoms with Gasteiger partial charge in [0, 0.05) is 17.6 Å². The quantitative estimate of drug-likeness (QED) is 0.143. The van der Waals surface area contributed by atoms with Gasteiger partial charge in [-0.1, -0.05) is 57.2 Å². The number of fused-ring (bicyclic) bond motifs is 1. The molecule has 0 bridgehead atoms. The molecule has 208 valence electrons. The van der Waals surface area contributed by atoms with E-state index >= 15 is 0 Å². The zero-order valence-electron chi connectivity index (χ0n) is 23.4. The molecule has 1 aliphatic heterocycles. The highest BCUT2D eigenvalue weighted by atomic mass is 16.5. The number of hydrogen-bond acceptors (Lipinski definition) is 7. The molecule has 4 rings (SSSR count). The zero-order valence-corrected chi connectivity index (χ0v) is 23.4. The Morgan fingerprint density at radius 3 is 2.33 bits per heavy atom. The molecule has 0 N–H and O–H groups in total. The molecule has 0 fully saturated rings. The number of rotatable bonds is 12. The molecule has 1 heterocycles. The van der Waals surface area contributed by atoms with E-state index in [-0.39, 0.29) is 30.4 Å². The van der Waals surface area contributed by atoms with Crippen LogP contribution < -0.4 is 14.4 Å². The van der Waals surface area contributed by atoms with Gasteiger partial charge >= 0.3 is 5.97 Å². The summed E-state index contributed by atoms with van der Waals surface area (Å²) in [4.78, 5) is 29.1. The number of carbonyl (C=O) groups is 2. The average molecular weight is 542 g/mol. The summed E-state index contributed by atoms with van der Waals surface area (Å²) in [6.45, 7) is 8.64. The smallest absolute Gasteiger partial charge is 0.333 e. The van der Waals surface area contributed by atoms with Gasteiger partial charge in [-0.25, -0.2) is 4.79 Å². The third kappa shape index (κ3) is 6.06. The Hall–Kier alpha value is -4.46. The number of amides is 1. The number of nitrogens with zero attached hydrogens (tertiary/aromatic N) is 3. The maximum atomic E-state index is 14.4. The van der Waals surface area contributed by atoms with Gasteiger partial charge in [-0.05, 0) is 53.9 Å². The molecule has 40 heavy (non-hydrogen) atoms. The van der Waals surface area contributed by atoms with Crippen molar-refractivity contribution in [3.8, 4) is 11.5 Å². The molecule has 1 aliphatic rings. The van der Waals surface area contributed by atoms with Crippen LogP contribution in [0.25, 0.3) is 0 Å². The molecule has 1 amide bonds. The minimum atomic E-state index is -1.55. The van der Waals surface area contributed by atoms with Crippen molar-refractivity contribution in [1.82, 2.24) is 0 Å². The van der Waals surface area contributed by atoms with Crippen LogP contribution in [0.4, 0.5) is 11.4 Å². The summed E-state index contributed by atoms with van der Waals surface area (Å²) in [6, 6.07) is 22.1. The Kier molecular flexibility index (Phi) is 8.99. The standard InChI is InChI=1S/C32H35N3O5/c1-6-22(2)21-40-30(36)23(3)19-32(34-33-25-12-14-26(38-4)15-13-25)28-18-27(39-5)16-17-29(28)35(31(32)37)20-24-10-8-7-9-11-24/h7-18,22H,3,6,19-21H2,1-2,4-5H3. The Bertz CT molecular complexity index is 1390. The van der Waals surface area contributed by atoms with Gasteiger partial charge in [-0.2, -0.15) is 10.2 Å². The van der Waals surface area contributed by atoms with Gasteiger partial charge in [0.2, 0.25) is 0 Å². The number of methoxy groups -OCH3 is 2. The van der Waals surface area contributed by atoms with Crippen molar-refractivity contribution in [1.29, 1.82) is 0 Å². The molecule has 0 spiro atoms. The molecule has 8 heteroatoms. The number of azo groups is 1. The number of anilines is 1. The third-order valence-corrected chi connectivity index (χ3v) is 7.08. The first-order chi connectivity index (χ1) is 19.3. The second-order valence-corrected chi connectivity index (χ2v) is 9.91. The summed E-state index contributed by atoms with van der Waals surface area (Å²) in [6.07, 6.45) is 0.774. The van der Waals surface area contributed by atoms with E-state index in [0.717, 1.165) is 12.0 Å².